The average Bonchev–Trinajstić information content (AvgIpc) is 2.19. The highest BCUT2D eigenvalue weighted by molar-refractivity contribution is 7.89. The Morgan fingerprint density at radius 3 is 2.11 bits per heavy atom. The van der Waals surface area contributed by atoms with Crippen molar-refractivity contribution in [1.82, 2.24) is 4.72 Å². The second kappa shape index (κ2) is 6.08. The number of rotatable bonds is 4. The van der Waals surface area contributed by atoms with Crippen molar-refractivity contribution in [3.63, 3.8) is 0 Å². The van der Waals surface area contributed by atoms with Crippen molar-refractivity contribution < 1.29 is 21.6 Å². The lowest BCUT2D eigenvalue weighted by molar-refractivity contribution is 0.475. The molecule has 0 spiro atoms. The summed E-state index contributed by atoms with van der Waals surface area (Å²) in [6.07, 6.45) is 0. The molecule has 0 saturated carbocycles. The van der Waals surface area contributed by atoms with Crippen LogP contribution in [0.15, 0.2) is 17.0 Å². The molecule has 0 fully saturated rings. The Kier molecular flexibility index (Phi) is 5.82. The number of hydrogen-bond donors (Lipinski definition) is 2. The normalized spacial score (nSPS) is 12.1. The van der Waals surface area contributed by atoms with Crippen LogP contribution < -0.4 is 10.5 Å². The predicted molar refractivity (Wildman–Crippen MR) is 67.0 cm³/mol. The van der Waals surface area contributed by atoms with Gasteiger partial charge < -0.3 is 5.73 Å². The van der Waals surface area contributed by atoms with Gasteiger partial charge in [0.15, 0.2) is 11.6 Å². The van der Waals surface area contributed by atoms with Crippen LogP contribution in [0.2, 0.25) is 0 Å². The maximum Gasteiger partial charge on any atom is 0.243 e. The molecule has 110 valence electrons. The van der Waals surface area contributed by atoms with Crippen LogP contribution in [0.5, 0.6) is 0 Å². The van der Waals surface area contributed by atoms with E-state index in [-0.39, 0.29) is 31.1 Å². The van der Waals surface area contributed by atoms with Gasteiger partial charge in [0, 0.05) is 18.2 Å². The molecule has 0 aliphatic rings. The number of nitrogens with one attached hydrogen (secondary N) is 1. The quantitative estimate of drug-likeness (QED) is 0.827. The van der Waals surface area contributed by atoms with Crippen LogP contribution in [0.3, 0.4) is 0 Å². The van der Waals surface area contributed by atoms with Gasteiger partial charge in [-0.25, -0.2) is 26.3 Å². The lowest BCUT2D eigenvalue weighted by Crippen LogP contribution is -2.45. The third-order valence-corrected chi connectivity index (χ3v) is 3.40. The highest BCUT2D eigenvalue weighted by Gasteiger charge is 2.24. The lowest BCUT2D eigenvalue weighted by atomic mass is 10.1. The van der Waals surface area contributed by atoms with Crippen molar-refractivity contribution >= 4 is 22.4 Å². The molecule has 0 bridgehead atoms. The van der Waals surface area contributed by atoms with E-state index in [0.29, 0.717) is 0 Å². The number of hydrogen-bond acceptors (Lipinski definition) is 3. The molecule has 0 aliphatic heterocycles. The third kappa shape index (κ3) is 4.98. The Bertz CT molecular complexity index is 559. The first-order valence-corrected chi connectivity index (χ1v) is 6.44. The molecule has 0 heterocycles. The topological polar surface area (TPSA) is 72.2 Å². The molecule has 0 atom stereocenters. The fourth-order valence-corrected chi connectivity index (χ4v) is 2.36. The minimum absolute atomic E-state index is 0. The van der Waals surface area contributed by atoms with Crippen molar-refractivity contribution in [3.05, 3.63) is 29.6 Å². The Morgan fingerprint density at radius 2 is 1.63 bits per heavy atom. The molecule has 4 nitrogen and oxygen atoms in total. The van der Waals surface area contributed by atoms with E-state index in [1.807, 2.05) is 4.72 Å². The first kappa shape index (κ1) is 18.2. The highest BCUT2D eigenvalue weighted by Crippen LogP contribution is 2.18. The van der Waals surface area contributed by atoms with E-state index < -0.39 is 37.9 Å². The van der Waals surface area contributed by atoms with E-state index in [1.54, 1.807) is 13.8 Å². The van der Waals surface area contributed by atoms with Gasteiger partial charge in [0.25, 0.3) is 0 Å². The van der Waals surface area contributed by atoms with Crippen molar-refractivity contribution in [1.29, 1.82) is 0 Å². The molecule has 0 saturated heterocycles. The summed E-state index contributed by atoms with van der Waals surface area (Å²) in [6.45, 7) is 2.93. The van der Waals surface area contributed by atoms with Crippen LogP contribution in [-0.4, -0.2) is 20.5 Å². The van der Waals surface area contributed by atoms with E-state index in [0.717, 1.165) is 0 Å². The van der Waals surface area contributed by atoms with Crippen LogP contribution in [-0.2, 0) is 10.0 Å². The summed E-state index contributed by atoms with van der Waals surface area (Å²) in [5.41, 5.74) is 4.70. The van der Waals surface area contributed by atoms with Gasteiger partial charge in [0.05, 0.1) is 0 Å². The molecule has 1 aromatic carbocycles. The third-order valence-electron chi connectivity index (χ3n) is 1.98. The number of benzene rings is 1. The van der Waals surface area contributed by atoms with E-state index in [1.165, 1.54) is 0 Å². The van der Waals surface area contributed by atoms with E-state index >= 15 is 0 Å². The van der Waals surface area contributed by atoms with Crippen molar-refractivity contribution in [2.75, 3.05) is 6.54 Å². The monoisotopic (exact) mass is 318 g/mol. The largest absolute Gasteiger partial charge is 0.324 e. The summed E-state index contributed by atoms with van der Waals surface area (Å²) in [6, 6.07) is 0.466. The van der Waals surface area contributed by atoms with Gasteiger partial charge in [0.1, 0.15) is 10.7 Å². The van der Waals surface area contributed by atoms with Gasteiger partial charge in [0.2, 0.25) is 10.0 Å². The van der Waals surface area contributed by atoms with Crippen LogP contribution >= 0.6 is 12.4 Å². The first-order valence-electron chi connectivity index (χ1n) is 4.96. The van der Waals surface area contributed by atoms with Gasteiger partial charge in [-0.1, -0.05) is 0 Å². The van der Waals surface area contributed by atoms with Gasteiger partial charge >= 0.3 is 0 Å². The minimum Gasteiger partial charge on any atom is -0.324 e. The van der Waals surface area contributed by atoms with E-state index in [9.17, 15) is 21.6 Å². The second-order valence-electron chi connectivity index (χ2n) is 4.51. The summed E-state index contributed by atoms with van der Waals surface area (Å²) in [4.78, 5) is -0.953. The van der Waals surface area contributed by atoms with Gasteiger partial charge in [-0.3, -0.25) is 0 Å². The molecule has 0 aromatic heterocycles. The summed E-state index contributed by atoms with van der Waals surface area (Å²) < 4.78 is 64.2. The molecule has 1 rings (SSSR count). The maximum absolute atomic E-state index is 13.3. The molecule has 0 unspecified atom stereocenters. The van der Waals surface area contributed by atoms with Gasteiger partial charge in [-0.15, -0.1) is 12.4 Å². The molecule has 1 aromatic rings. The zero-order valence-corrected chi connectivity index (χ0v) is 11.8. The molecular weight excluding hydrogens is 305 g/mol. The Balaban J connectivity index is 0.00000324. The van der Waals surface area contributed by atoms with Crippen LogP contribution in [0.4, 0.5) is 13.2 Å². The molecule has 19 heavy (non-hydrogen) atoms. The van der Waals surface area contributed by atoms with Crippen LogP contribution in [0, 0.1) is 17.5 Å². The summed E-state index contributed by atoms with van der Waals surface area (Å²) >= 11 is 0. The Morgan fingerprint density at radius 1 is 1.16 bits per heavy atom. The smallest absolute Gasteiger partial charge is 0.243 e. The Hall–Kier alpha value is -0.830. The van der Waals surface area contributed by atoms with Crippen LogP contribution in [0.1, 0.15) is 13.8 Å². The van der Waals surface area contributed by atoms with Crippen molar-refractivity contribution in [2.45, 2.75) is 24.3 Å². The average molecular weight is 319 g/mol. The lowest BCUT2D eigenvalue weighted by Gasteiger charge is -2.19. The standard InChI is InChI=1S/C10H13F3N2O2S.ClH/c1-10(2,14)5-15-18(16,17)9-4-7(12)6(11)3-8(9)13;/h3-4,15H,5,14H2,1-2H3;1H. The molecule has 9 heteroatoms. The highest BCUT2D eigenvalue weighted by atomic mass is 35.5. The maximum atomic E-state index is 13.3. The molecule has 3 N–H and O–H groups in total. The van der Waals surface area contributed by atoms with E-state index in [2.05, 4.69) is 0 Å². The Labute approximate surface area is 115 Å². The van der Waals surface area contributed by atoms with Gasteiger partial charge in [-0.2, -0.15) is 0 Å². The second-order valence-corrected chi connectivity index (χ2v) is 6.25. The van der Waals surface area contributed by atoms with Gasteiger partial charge in [-0.05, 0) is 19.9 Å². The molecule has 0 amide bonds. The zero-order valence-electron chi connectivity index (χ0n) is 10.2. The number of nitrogens with two attached hydrogens (primary N) is 1. The van der Waals surface area contributed by atoms with Crippen molar-refractivity contribution in [3.8, 4) is 0 Å². The summed E-state index contributed by atoms with van der Waals surface area (Å²) in [7, 11) is -4.28. The fraction of sp³-hybridized carbons (Fsp3) is 0.400. The predicted octanol–water partition coefficient (Wildman–Crippen LogP) is 1.54. The molecule has 0 radical (unpaired) electrons. The van der Waals surface area contributed by atoms with Crippen LogP contribution in [0.25, 0.3) is 0 Å². The molecule has 0 aliphatic carbocycles. The number of sulfonamides is 1. The summed E-state index contributed by atoms with van der Waals surface area (Å²) in [5, 5.41) is 0. The first-order chi connectivity index (χ1) is 8.03. The fourth-order valence-electron chi connectivity index (χ4n) is 1.07. The van der Waals surface area contributed by atoms with Crippen molar-refractivity contribution in [2.24, 2.45) is 5.73 Å². The summed E-state index contributed by atoms with van der Waals surface area (Å²) in [5.74, 6) is -4.26. The van der Waals surface area contributed by atoms with E-state index in [4.69, 9.17) is 5.73 Å². The minimum atomic E-state index is -4.28. The molecular formula is C10H14ClF3N2O2S. The SMILES string of the molecule is CC(C)(N)CNS(=O)(=O)c1cc(F)c(F)cc1F.Cl. The zero-order chi connectivity index (χ0) is 14.1. The number of halogens is 4.